The summed E-state index contributed by atoms with van der Waals surface area (Å²) in [6.07, 6.45) is 1.77. The number of para-hydroxylation sites is 1. The van der Waals surface area contributed by atoms with Crippen LogP contribution in [0.4, 0.5) is 28.1 Å². The molecule has 1 aliphatic heterocycles. The van der Waals surface area contributed by atoms with Gasteiger partial charge in [0.05, 0.1) is 29.5 Å². The predicted molar refractivity (Wildman–Crippen MR) is 130 cm³/mol. The first-order valence-electron chi connectivity index (χ1n) is 10.6. The topological polar surface area (TPSA) is 75.2 Å². The lowest BCUT2D eigenvalue weighted by Gasteiger charge is -2.28. The Morgan fingerprint density at radius 3 is 2.41 bits per heavy atom. The average molecular weight is 445 g/mol. The van der Waals surface area contributed by atoms with Crippen molar-refractivity contribution >= 4 is 39.5 Å². The molecule has 3 heterocycles. The van der Waals surface area contributed by atoms with E-state index in [9.17, 15) is 0 Å². The molecular weight excluding hydrogens is 420 g/mol. The van der Waals surface area contributed by atoms with Crippen molar-refractivity contribution in [1.82, 2.24) is 15.0 Å². The van der Waals surface area contributed by atoms with Crippen molar-refractivity contribution in [3.63, 3.8) is 0 Å². The fourth-order valence-corrected chi connectivity index (χ4v) is 4.54. The first kappa shape index (κ1) is 20.4. The van der Waals surface area contributed by atoms with Crippen molar-refractivity contribution in [2.24, 2.45) is 0 Å². The standard InChI is InChI=1S/C24H24N6OS/c1-17-22(32-24(26-17)28-18-5-3-2-4-6-18)21-11-12-25-23(29-21)27-19-7-9-20(10-8-19)30-13-15-31-16-14-30/h2-12H,13-16H2,1H3,(H,26,28)(H,25,27,29). The van der Waals surface area contributed by atoms with Crippen molar-refractivity contribution < 1.29 is 4.74 Å². The molecule has 162 valence electrons. The minimum Gasteiger partial charge on any atom is -0.378 e. The number of rotatable bonds is 6. The van der Waals surface area contributed by atoms with E-state index in [4.69, 9.17) is 9.72 Å². The molecule has 2 aromatic carbocycles. The zero-order valence-corrected chi connectivity index (χ0v) is 18.6. The molecule has 0 saturated carbocycles. The number of hydrogen-bond acceptors (Lipinski definition) is 8. The smallest absolute Gasteiger partial charge is 0.227 e. The van der Waals surface area contributed by atoms with Crippen LogP contribution in [0.25, 0.3) is 10.6 Å². The number of nitrogens with zero attached hydrogens (tertiary/aromatic N) is 4. The molecule has 5 rings (SSSR count). The number of ether oxygens (including phenoxy) is 1. The summed E-state index contributed by atoms with van der Waals surface area (Å²) in [5, 5.41) is 7.51. The van der Waals surface area contributed by atoms with Gasteiger partial charge in [-0.1, -0.05) is 29.5 Å². The lowest BCUT2D eigenvalue weighted by molar-refractivity contribution is 0.122. The third kappa shape index (κ3) is 4.71. The van der Waals surface area contributed by atoms with Crippen molar-refractivity contribution in [3.8, 4) is 10.6 Å². The van der Waals surface area contributed by atoms with Crippen LogP contribution in [-0.4, -0.2) is 41.3 Å². The van der Waals surface area contributed by atoms with Gasteiger partial charge in [-0.3, -0.25) is 0 Å². The Morgan fingerprint density at radius 1 is 0.875 bits per heavy atom. The molecule has 0 aliphatic carbocycles. The molecule has 0 bridgehead atoms. The highest BCUT2D eigenvalue weighted by Crippen LogP contribution is 2.33. The summed E-state index contributed by atoms with van der Waals surface area (Å²) in [4.78, 5) is 17.1. The van der Waals surface area contributed by atoms with Crippen molar-refractivity contribution in [1.29, 1.82) is 0 Å². The van der Waals surface area contributed by atoms with E-state index < -0.39 is 0 Å². The zero-order chi connectivity index (χ0) is 21.8. The average Bonchev–Trinajstić information content (AvgIpc) is 3.21. The van der Waals surface area contributed by atoms with E-state index >= 15 is 0 Å². The van der Waals surface area contributed by atoms with Crippen molar-refractivity contribution in [2.75, 3.05) is 41.8 Å². The Labute approximate surface area is 191 Å². The van der Waals surface area contributed by atoms with Gasteiger partial charge in [-0.15, -0.1) is 0 Å². The van der Waals surface area contributed by atoms with Gasteiger partial charge in [-0.2, -0.15) is 0 Å². The van der Waals surface area contributed by atoms with E-state index in [0.717, 1.165) is 59.1 Å². The second kappa shape index (κ2) is 9.33. The van der Waals surface area contributed by atoms with E-state index in [1.165, 1.54) is 5.69 Å². The molecule has 32 heavy (non-hydrogen) atoms. The number of thiazole rings is 1. The van der Waals surface area contributed by atoms with Crippen LogP contribution in [0.2, 0.25) is 0 Å². The Hall–Kier alpha value is -3.49. The summed E-state index contributed by atoms with van der Waals surface area (Å²) in [7, 11) is 0. The molecule has 8 heteroatoms. The van der Waals surface area contributed by atoms with Gasteiger partial charge < -0.3 is 20.3 Å². The maximum absolute atomic E-state index is 5.43. The van der Waals surface area contributed by atoms with Gasteiger partial charge in [0.15, 0.2) is 5.13 Å². The molecule has 0 unspecified atom stereocenters. The number of benzene rings is 2. The summed E-state index contributed by atoms with van der Waals surface area (Å²) < 4.78 is 5.43. The number of nitrogens with one attached hydrogen (secondary N) is 2. The summed E-state index contributed by atoms with van der Waals surface area (Å²) in [6.45, 7) is 5.41. The molecule has 1 fully saturated rings. The van der Waals surface area contributed by atoms with E-state index in [0.29, 0.717) is 5.95 Å². The monoisotopic (exact) mass is 444 g/mol. The summed E-state index contributed by atoms with van der Waals surface area (Å²) in [5.74, 6) is 0.562. The van der Waals surface area contributed by atoms with Crippen LogP contribution in [0.1, 0.15) is 5.69 Å². The lowest BCUT2D eigenvalue weighted by atomic mass is 10.2. The number of morpholine rings is 1. The highest BCUT2D eigenvalue weighted by Gasteiger charge is 2.13. The Kier molecular flexibility index (Phi) is 5.96. The Balaban J connectivity index is 1.30. The third-order valence-electron chi connectivity index (χ3n) is 5.21. The molecule has 1 aliphatic rings. The lowest BCUT2D eigenvalue weighted by Crippen LogP contribution is -2.36. The fourth-order valence-electron chi connectivity index (χ4n) is 3.58. The largest absolute Gasteiger partial charge is 0.378 e. The van der Waals surface area contributed by atoms with Crippen LogP contribution < -0.4 is 15.5 Å². The Morgan fingerprint density at radius 2 is 1.62 bits per heavy atom. The van der Waals surface area contributed by atoms with Crippen LogP contribution in [0.5, 0.6) is 0 Å². The second-order valence-electron chi connectivity index (χ2n) is 7.46. The molecule has 2 aromatic heterocycles. The molecule has 7 nitrogen and oxygen atoms in total. The van der Waals surface area contributed by atoms with E-state index in [1.807, 2.05) is 43.3 Å². The van der Waals surface area contributed by atoms with Gasteiger partial charge in [0.25, 0.3) is 0 Å². The van der Waals surface area contributed by atoms with Crippen LogP contribution in [0, 0.1) is 6.92 Å². The predicted octanol–water partition coefficient (Wildman–Crippen LogP) is 5.23. The van der Waals surface area contributed by atoms with Gasteiger partial charge in [-0.05, 0) is 49.4 Å². The first-order chi connectivity index (χ1) is 15.7. The maximum Gasteiger partial charge on any atom is 0.227 e. The quantitative estimate of drug-likeness (QED) is 0.422. The fraction of sp³-hybridized carbons (Fsp3) is 0.208. The molecule has 0 amide bonds. The van der Waals surface area contributed by atoms with Crippen LogP contribution >= 0.6 is 11.3 Å². The molecule has 2 N–H and O–H groups in total. The molecule has 0 atom stereocenters. The summed E-state index contributed by atoms with van der Waals surface area (Å²) in [6, 6.07) is 20.3. The highest BCUT2D eigenvalue weighted by atomic mass is 32.1. The molecule has 4 aromatic rings. The number of aromatic nitrogens is 3. The normalized spacial score (nSPS) is 13.7. The van der Waals surface area contributed by atoms with Crippen LogP contribution in [0.15, 0.2) is 66.9 Å². The van der Waals surface area contributed by atoms with Crippen LogP contribution in [-0.2, 0) is 4.74 Å². The van der Waals surface area contributed by atoms with Gasteiger partial charge in [0, 0.05) is 36.3 Å². The number of anilines is 5. The first-order valence-corrected chi connectivity index (χ1v) is 11.4. The van der Waals surface area contributed by atoms with Gasteiger partial charge >= 0.3 is 0 Å². The minimum atomic E-state index is 0.562. The minimum absolute atomic E-state index is 0.562. The van der Waals surface area contributed by atoms with E-state index in [1.54, 1.807) is 17.5 Å². The number of hydrogen-bond donors (Lipinski definition) is 2. The van der Waals surface area contributed by atoms with E-state index in [-0.39, 0.29) is 0 Å². The number of aryl methyl sites for hydroxylation is 1. The van der Waals surface area contributed by atoms with Crippen LogP contribution in [0.3, 0.4) is 0 Å². The molecular formula is C24H24N6OS. The molecule has 0 radical (unpaired) electrons. The summed E-state index contributed by atoms with van der Waals surface area (Å²) in [5.41, 5.74) is 4.95. The zero-order valence-electron chi connectivity index (χ0n) is 17.8. The van der Waals surface area contributed by atoms with Gasteiger partial charge in [0.1, 0.15) is 0 Å². The van der Waals surface area contributed by atoms with Crippen molar-refractivity contribution in [3.05, 3.63) is 72.6 Å². The van der Waals surface area contributed by atoms with Gasteiger partial charge in [-0.25, -0.2) is 15.0 Å². The SMILES string of the molecule is Cc1nc(Nc2ccccc2)sc1-c1ccnc(Nc2ccc(N3CCOCC3)cc2)n1. The van der Waals surface area contributed by atoms with Gasteiger partial charge in [0.2, 0.25) is 5.95 Å². The Bertz CT molecular complexity index is 1170. The molecule has 1 saturated heterocycles. The van der Waals surface area contributed by atoms with Crippen molar-refractivity contribution in [2.45, 2.75) is 6.92 Å². The van der Waals surface area contributed by atoms with E-state index in [2.05, 4.69) is 49.8 Å². The molecule has 0 spiro atoms. The second-order valence-corrected chi connectivity index (χ2v) is 8.46. The summed E-state index contributed by atoms with van der Waals surface area (Å²) >= 11 is 1.58. The third-order valence-corrected chi connectivity index (χ3v) is 6.30. The highest BCUT2D eigenvalue weighted by molar-refractivity contribution is 7.19. The maximum atomic E-state index is 5.43.